The van der Waals surface area contributed by atoms with Gasteiger partial charge in [-0.25, -0.2) is 0 Å². The van der Waals surface area contributed by atoms with Crippen LogP contribution < -0.4 is 10.1 Å². The summed E-state index contributed by atoms with van der Waals surface area (Å²) in [5, 5.41) is 3.70. The Morgan fingerprint density at radius 3 is 2.47 bits per heavy atom. The molecule has 0 radical (unpaired) electrons. The van der Waals surface area contributed by atoms with E-state index in [1.54, 1.807) is 7.11 Å². The summed E-state index contributed by atoms with van der Waals surface area (Å²) in [6, 6.07) is 8.82. The first-order chi connectivity index (χ1) is 9.05. The van der Waals surface area contributed by atoms with Crippen molar-refractivity contribution >= 4 is 0 Å². The van der Waals surface area contributed by atoms with Crippen LogP contribution >= 0.6 is 0 Å². The molecule has 1 rings (SSSR count). The number of methoxy groups -OCH3 is 1. The summed E-state index contributed by atoms with van der Waals surface area (Å²) in [4.78, 5) is 0. The van der Waals surface area contributed by atoms with Gasteiger partial charge in [0.2, 0.25) is 0 Å². The fourth-order valence-corrected chi connectivity index (χ4v) is 2.28. The zero-order valence-electron chi connectivity index (χ0n) is 13.1. The lowest BCUT2D eigenvalue weighted by Crippen LogP contribution is -2.43. The van der Waals surface area contributed by atoms with Crippen LogP contribution in [0.4, 0.5) is 0 Å². The maximum absolute atomic E-state index is 5.47. The second kappa shape index (κ2) is 7.54. The summed E-state index contributed by atoms with van der Waals surface area (Å²) >= 11 is 0. The van der Waals surface area contributed by atoms with Crippen LogP contribution in [-0.2, 0) is 6.42 Å². The van der Waals surface area contributed by atoms with Crippen LogP contribution in [-0.4, -0.2) is 19.7 Å². The Labute approximate surface area is 118 Å². The fraction of sp³-hybridized carbons (Fsp3) is 0.647. The van der Waals surface area contributed by atoms with Crippen LogP contribution in [0.25, 0.3) is 0 Å². The molecular weight excluding hydrogens is 234 g/mol. The number of nitrogens with one attached hydrogen (secondary N) is 1. The molecule has 108 valence electrons. The van der Waals surface area contributed by atoms with E-state index in [9.17, 15) is 0 Å². The molecule has 0 amide bonds. The molecule has 1 N–H and O–H groups in total. The summed E-state index contributed by atoms with van der Waals surface area (Å²) < 4.78 is 5.47. The van der Waals surface area contributed by atoms with Gasteiger partial charge in [-0.1, -0.05) is 45.9 Å². The first-order valence-electron chi connectivity index (χ1n) is 7.40. The molecule has 19 heavy (non-hydrogen) atoms. The van der Waals surface area contributed by atoms with Crippen molar-refractivity contribution in [2.45, 2.75) is 53.0 Å². The van der Waals surface area contributed by atoms with E-state index in [0.29, 0.717) is 6.04 Å². The highest BCUT2D eigenvalue weighted by Crippen LogP contribution is 2.29. The molecule has 1 aromatic carbocycles. The molecule has 2 heteroatoms. The standard InChI is InChI=1S/C17H29NO/c1-6-12-18-16(17(3,4)7-2)13-14-10-8-9-11-15(14)19-5/h8-11,16,18H,6-7,12-13H2,1-5H3. The topological polar surface area (TPSA) is 21.3 Å². The number of benzene rings is 1. The first kappa shape index (κ1) is 16.0. The van der Waals surface area contributed by atoms with Gasteiger partial charge < -0.3 is 10.1 Å². The van der Waals surface area contributed by atoms with E-state index in [-0.39, 0.29) is 5.41 Å². The second-order valence-electron chi connectivity index (χ2n) is 5.86. The Hall–Kier alpha value is -1.02. The molecule has 0 aliphatic heterocycles. The Bertz CT molecular complexity index is 373. The normalized spacial score (nSPS) is 13.3. The molecule has 0 aliphatic rings. The first-order valence-corrected chi connectivity index (χ1v) is 7.40. The Balaban J connectivity index is 2.87. The van der Waals surface area contributed by atoms with Crippen LogP contribution in [0.5, 0.6) is 5.75 Å². The minimum atomic E-state index is 0.288. The van der Waals surface area contributed by atoms with E-state index >= 15 is 0 Å². The monoisotopic (exact) mass is 263 g/mol. The van der Waals surface area contributed by atoms with Gasteiger partial charge in [0.25, 0.3) is 0 Å². The van der Waals surface area contributed by atoms with Gasteiger partial charge in [-0.3, -0.25) is 0 Å². The van der Waals surface area contributed by atoms with Crippen molar-refractivity contribution in [1.29, 1.82) is 0 Å². The van der Waals surface area contributed by atoms with Gasteiger partial charge >= 0.3 is 0 Å². The van der Waals surface area contributed by atoms with Gasteiger partial charge in [-0.15, -0.1) is 0 Å². The molecule has 0 fully saturated rings. The average molecular weight is 263 g/mol. The van der Waals surface area contributed by atoms with Crippen LogP contribution in [0.1, 0.15) is 46.1 Å². The van der Waals surface area contributed by atoms with Crippen LogP contribution in [0.3, 0.4) is 0 Å². The van der Waals surface area contributed by atoms with Crippen molar-refractivity contribution in [3.63, 3.8) is 0 Å². The van der Waals surface area contributed by atoms with E-state index < -0.39 is 0 Å². The van der Waals surface area contributed by atoms with Crippen molar-refractivity contribution in [3.8, 4) is 5.75 Å². The van der Waals surface area contributed by atoms with Crippen LogP contribution in [0.15, 0.2) is 24.3 Å². The van der Waals surface area contributed by atoms with Crippen LogP contribution in [0.2, 0.25) is 0 Å². The minimum absolute atomic E-state index is 0.288. The molecule has 0 aliphatic carbocycles. The summed E-state index contributed by atoms with van der Waals surface area (Å²) in [7, 11) is 1.75. The van der Waals surface area contributed by atoms with Gasteiger partial charge in [0.05, 0.1) is 7.11 Å². The molecule has 1 atom stereocenters. The van der Waals surface area contributed by atoms with Crippen molar-refractivity contribution in [2.75, 3.05) is 13.7 Å². The SMILES string of the molecule is CCCNC(Cc1ccccc1OC)C(C)(C)CC. The van der Waals surface area contributed by atoms with Gasteiger partial charge in [-0.05, 0) is 42.9 Å². The molecule has 0 bridgehead atoms. The van der Waals surface area contributed by atoms with Crippen molar-refractivity contribution < 1.29 is 4.74 Å². The van der Waals surface area contributed by atoms with Gasteiger partial charge in [0, 0.05) is 6.04 Å². The predicted octanol–water partition coefficient (Wildman–Crippen LogP) is 4.04. The Kier molecular flexibility index (Phi) is 6.36. The second-order valence-corrected chi connectivity index (χ2v) is 5.86. The largest absolute Gasteiger partial charge is 0.496 e. The number of ether oxygens (including phenoxy) is 1. The third kappa shape index (κ3) is 4.54. The van der Waals surface area contributed by atoms with E-state index in [1.807, 2.05) is 12.1 Å². The van der Waals surface area contributed by atoms with E-state index in [1.165, 1.54) is 18.4 Å². The molecule has 0 spiro atoms. The Morgan fingerprint density at radius 2 is 1.89 bits per heavy atom. The summed E-state index contributed by atoms with van der Waals surface area (Å²) in [6.45, 7) is 10.2. The van der Waals surface area contributed by atoms with Crippen molar-refractivity contribution in [3.05, 3.63) is 29.8 Å². The summed E-state index contributed by atoms with van der Waals surface area (Å²) in [6.07, 6.45) is 3.36. The third-order valence-electron chi connectivity index (χ3n) is 4.11. The molecule has 2 nitrogen and oxygen atoms in total. The molecular formula is C17H29NO. The summed E-state index contributed by atoms with van der Waals surface area (Å²) in [5.74, 6) is 0.998. The predicted molar refractivity (Wildman–Crippen MR) is 82.9 cm³/mol. The smallest absolute Gasteiger partial charge is 0.122 e. The highest BCUT2D eigenvalue weighted by Gasteiger charge is 2.27. The number of hydrogen-bond acceptors (Lipinski definition) is 2. The number of para-hydroxylation sites is 1. The van der Waals surface area contributed by atoms with Gasteiger partial charge in [0.1, 0.15) is 5.75 Å². The zero-order valence-corrected chi connectivity index (χ0v) is 13.1. The lowest BCUT2D eigenvalue weighted by atomic mass is 9.78. The highest BCUT2D eigenvalue weighted by atomic mass is 16.5. The Morgan fingerprint density at radius 1 is 1.21 bits per heavy atom. The molecule has 0 aromatic heterocycles. The molecule has 0 heterocycles. The van der Waals surface area contributed by atoms with E-state index in [2.05, 4.69) is 45.1 Å². The van der Waals surface area contributed by atoms with Gasteiger partial charge in [-0.2, -0.15) is 0 Å². The van der Waals surface area contributed by atoms with E-state index in [0.717, 1.165) is 18.7 Å². The summed E-state index contributed by atoms with van der Waals surface area (Å²) in [5.41, 5.74) is 1.58. The molecule has 1 unspecified atom stereocenters. The number of hydrogen-bond donors (Lipinski definition) is 1. The van der Waals surface area contributed by atoms with Gasteiger partial charge in [0.15, 0.2) is 0 Å². The minimum Gasteiger partial charge on any atom is -0.496 e. The maximum atomic E-state index is 5.47. The van der Waals surface area contributed by atoms with E-state index in [4.69, 9.17) is 4.74 Å². The third-order valence-corrected chi connectivity index (χ3v) is 4.11. The maximum Gasteiger partial charge on any atom is 0.122 e. The average Bonchev–Trinajstić information content (AvgIpc) is 2.43. The number of rotatable bonds is 8. The molecule has 0 saturated carbocycles. The fourth-order valence-electron chi connectivity index (χ4n) is 2.28. The quantitative estimate of drug-likeness (QED) is 0.764. The van der Waals surface area contributed by atoms with Crippen molar-refractivity contribution in [2.24, 2.45) is 5.41 Å². The highest BCUT2D eigenvalue weighted by molar-refractivity contribution is 5.34. The lowest BCUT2D eigenvalue weighted by Gasteiger charge is -2.35. The lowest BCUT2D eigenvalue weighted by molar-refractivity contribution is 0.229. The molecule has 1 aromatic rings. The van der Waals surface area contributed by atoms with Crippen molar-refractivity contribution in [1.82, 2.24) is 5.32 Å². The van der Waals surface area contributed by atoms with Crippen LogP contribution in [0, 0.1) is 5.41 Å². The molecule has 0 saturated heterocycles. The zero-order chi connectivity index (χ0) is 14.3.